The van der Waals surface area contributed by atoms with Crippen molar-refractivity contribution in [2.45, 2.75) is 63.9 Å². The van der Waals surface area contributed by atoms with Gasteiger partial charge in [0.05, 0.1) is 18.6 Å². The Kier molecular flexibility index (Phi) is 6.04. The zero-order valence-electron chi connectivity index (χ0n) is 13.9. The van der Waals surface area contributed by atoms with Crippen molar-refractivity contribution in [1.29, 1.82) is 0 Å². The van der Waals surface area contributed by atoms with E-state index in [0.717, 1.165) is 10.9 Å². The van der Waals surface area contributed by atoms with Gasteiger partial charge in [-0.25, -0.2) is 0 Å². The predicted molar refractivity (Wildman–Crippen MR) is 95.1 cm³/mol. The molecule has 0 bridgehead atoms. The van der Waals surface area contributed by atoms with Crippen molar-refractivity contribution in [2.24, 2.45) is 0 Å². The summed E-state index contributed by atoms with van der Waals surface area (Å²) in [6.07, 6.45) is 2.91. The summed E-state index contributed by atoms with van der Waals surface area (Å²) >= 11 is 3.43. The van der Waals surface area contributed by atoms with Gasteiger partial charge in [0, 0.05) is 13.0 Å². The van der Waals surface area contributed by atoms with Gasteiger partial charge in [0.15, 0.2) is 8.32 Å². The Morgan fingerprint density at radius 3 is 2.52 bits per heavy atom. The number of nitrogens with zero attached hydrogens (tertiary/aromatic N) is 1. The summed E-state index contributed by atoms with van der Waals surface area (Å²) in [5, 5.41) is 0.137. The standard InChI is InChI=1S/C16H28BrNO2Si/c1-8-9-18-13(10-12(2)17)14(11-15(18)19)20-21(6,7)16(3,4)5/h8,13-14H,1-2,9-11H2,3-7H3/t13-,14+/m1/s1. The number of carbonyl (C=O) groups excluding carboxylic acids is 1. The number of carbonyl (C=O) groups is 1. The highest BCUT2D eigenvalue weighted by atomic mass is 79.9. The molecule has 2 atom stereocenters. The van der Waals surface area contributed by atoms with Crippen molar-refractivity contribution < 1.29 is 9.22 Å². The van der Waals surface area contributed by atoms with Gasteiger partial charge in [0.25, 0.3) is 0 Å². The lowest BCUT2D eigenvalue weighted by Crippen LogP contribution is -2.47. The molecule has 21 heavy (non-hydrogen) atoms. The number of hydrogen-bond donors (Lipinski definition) is 0. The van der Waals surface area contributed by atoms with Crippen LogP contribution >= 0.6 is 15.9 Å². The van der Waals surface area contributed by atoms with Gasteiger partial charge in [-0.3, -0.25) is 4.79 Å². The maximum atomic E-state index is 12.3. The average molecular weight is 374 g/mol. The molecule has 0 aromatic rings. The largest absolute Gasteiger partial charge is 0.411 e. The second kappa shape index (κ2) is 6.80. The van der Waals surface area contributed by atoms with Crippen molar-refractivity contribution in [3.8, 4) is 0 Å². The van der Waals surface area contributed by atoms with Crippen LogP contribution < -0.4 is 0 Å². The normalized spacial score (nSPS) is 23.5. The van der Waals surface area contributed by atoms with Crippen molar-refractivity contribution >= 4 is 30.2 Å². The highest BCUT2D eigenvalue weighted by Gasteiger charge is 2.46. The molecule has 3 nitrogen and oxygen atoms in total. The molecule has 0 aliphatic carbocycles. The lowest BCUT2D eigenvalue weighted by molar-refractivity contribution is -0.128. The SMILES string of the molecule is C=CCN1C(=O)C[C@H](O[Si](C)(C)C(C)(C)C)[C@H]1CC(=C)Br. The molecular formula is C16H28BrNO2Si. The summed E-state index contributed by atoms with van der Waals surface area (Å²) in [5.41, 5.74) is 0. The molecular weight excluding hydrogens is 346 g/mol. The number of rotatable bonds is 6. The van der Waals surface area contributed by atoms with E-state index in [-0.39, 0.29) is 23.1 Å². The van der Waals surface area contributed by atoms with Gasteiger partial charge in [0.1, 0.15) is 0 Å². The van der Waals surface area contributed by atoms with Crippen LogP contribution in [0.4, 0.5) is 0 Å². The number of halogens is 1. The molecule has 1 fully saturated rings. The fourth-order valence-corrected chi connectivity index (χ4v) is 4.01. The van der Waals surface area contributed by atoms with Crippen molar-refractivity contribution in [3.05, 3.63) is 23.7 Å². The third-order valence-electron chi connectivity index (χ3n) is 4.53. The van der Waals surface area contributed by atoms with Crippen LogP contribution in [-0.4, -0.2) is 37.8 Å². The van der Waals surface area contributed by atoms with Crippen molar-refractivity contribution in [1.82, 2.24) is 4.90 Å². The van der Waals surface area contributed by atoms with E-state index in [4.69, 9.17) is 4.43 Å². The van der Waals surface area contributed by atoms with Crippen LogP contribution in [-0.2, 0) is 9.22 Å². The van der Waals surface area contributed by atoms with E-state index in [1.165, 1.54) is 0 Å². The fourth-order valence-electron chi connectivity index (χ4n) is 2.33. The van der Waals surface area contributed by atoms with Gasteiger partial charge in [-0.15, -0.1) is 6.58 Å². The van der Waals surface area contributed by atoms with E-state index >= 15 is 0 Å². The fraction of sp³-hybridized carbons (Fsp3) is 0.688. The highest BCUT2D eigenvalue weighted by Crippen LogP contribution is 2.40. The Labute approximate surface area is 138 Å². The monoisotopic (exact) mass is 373 g/mol. The minimum absolute atomic E-state index is 0.0485. The minimum atomic E-state index is -1.89. The summed E-state index contributed by atoms with van der Waals surface area (Å²) in [5.74, 6) is 0.150. The molecule has 0 N–H and O–H groups in total. The Balaban J connectivity index is 2.96. The van der Waals surface area contributed by atoms with Gasteiger partial charge >= 0.3 is 0 Å². The molecule has 0 aromatic heterocycles. The Bertz CT molecular complexity index is 428. The summed E-state index contributed by atoms with van der Waals surface area (Å²) in [4.78, 5) is 14.1. The second-order valence-electron chi connectivity index (χ2n) is 7.24. The molecule has 0 saturated carbocycles. The van der Waals surface area contributed by atoms with Crippen LogP contribution in [0.1, 0.15) is 33.6 Å². The summed E-state index contributed by atoms with van der Waals surface area (Å²) in [6, 6.07) is 0.0523. The van der Waals surface area contributed by atoms with E-state index in [1.54, 1.807) is 6.08 Å². The molecule has 1 rings (SSSR count). The van der Waals surface area contributed by atoms with Gasteiger partial charge in [-0.2, -0.15) is 0 Å². The zero-order chi connectivity index (χ0) is 16.4. The first-order valence-corrected chi connectivity index (χ1v) is 11.1. The molecule has 0 spiro atoms. The molecule has 1 aliphatic heterocycles. The molecule has 1 saturated heterocycles. The first kappa shape index (κ1) is 18.7. The number of likely N-dealkylation sites (tertiary alicyclic amines) is 1. The van der Waals surface area contributed by atoms with Crippen LogP contribution in [0.3, 0.4) is 0 Å². The summed E-state index contributed by atoms with van der Waals surface area (Å²) in [7, 11) is -1.89. The van der Waals surface area contributed by atoms with Crippen LogP contribution in [0.2, 0.25) is 18.1 Å². The van der Waals surface area contributed by atoms with E-state index in [9.17, 15) is 4.79 Å². The van der Waals surface area contributed by atoms with E-state index in [2.05, 4.69) is 63.0 Å². The lowest BCUT2D eigenvalue weighted by Gasteiger charge is -2.40. The third kappa shape index (κ3) is 4.54. The first-order valence-electron chi connectivity index (χ1n) is 7.41. The Morgan fingerprint density at radius 2 is 2.10 bits per heavy atom. The maximum Gasteiger partial charge on any atom is 0.225 e. The summed E-state index contributed by atoms with van der Waals surface area (Å²) < 4.78 is 7.41. The van der Waals surface area contributed by atoms with E-state index in [1.807, 2.05) is 4.90 Å². The molecule has 5 heteroatoms. The van der Waals surface area contributed by atoms with Crippen LogP contribution in [0.15, 0.2) is 23.7 Å². The molecule has 1 amide bonds. The van der Waals surface area contributed by atoms with Crippen LogP contribution in [0, 0.1) is 0 Å². The van der Waals surface area contributed by atoms with Crippen molar-refractivity contribution in [3.63, 3.8) is 0 Å². The topological polar surface area (TPSA) is 29.5 Å². The van der Waals surface area contributed by atoms with Gasteiger partial charge in [0.2, 0.25) is 5.91 Å². The van der Waals surface area contributed by atoms with Crippen molar-refractivity contribution in [2.75, 3.05) is 6.54 Å². The van der Waals surface area contributed by atoms with Gasteiger partial charge < -0.3 is 9.33 Å². The maximum absolute atomic E-state index is 12.3. The van der Waals surface area contributed by atoms with Gasteiger partial charge in [-0.05, 0) is 22.6 Å². The molecule has 1 aliphatic rings. The molecule has 0 aromatic carbocycles. The van der Waals surface area contributed by atoms with Crippen LogP contribution in [0.25, 0.3) is 0 Å². The zero-order valence-corrected chi connectivity index (χ0v) is 16.5. The average Bonchev–Trinajstić information content (AvgIpc) is 2.55. The highest BCUT2D eigenvalue weighted by molar-refractivity contribution is 9.11. The predicted octanol–water partition coefficient (Wildman–Crippen LogP) is 4.46. The Morgan fingerprint density at radius 1 is 1.52 bits per heavy atom. The van der Waals surface area contributed by atoms with Crippen LogP contribution in [0.5, 0.6) is 0 Å². The minimum Gasteiger partial charge on any atom is -0.411 e. The molecule has 0 unspecified atom stereocenters. The Hall–Kier alpha value is -0.393. The van der Waals surface area contributed by atoms with E-state index < -0.39 is 8.32 Å². The number of hydrogen-bond acceptors (Lipinski definition) is 2. The molecule has 1 heterocycles. The lowest BCUT2D eigenvalue weighted by atomic mass is 10.1. The third-order valence-corrected chi connectivity index (χ3v) is 9.36. The molecule has 0 radical (unpaired) electrons. The van der Waals surface area contributed by atoms with E-state index in [0.29, 0.717) is 13.0 Å². The van der Waals surface area contributed by atoms with Gasteiger partial charge in [-0.1, -0.05) is 49.4 Å². The molecule has 120 valence electrons. The number of amides is 1. The quantitative estimate of drug-likeness (QED) is 0.507. The summed E-state index contributed by atoms with van der Waals surface area (Å²) in [6.45, 7) is 19.4. The smallest absolute Gasteiger partial charge is 0.225 e. The second-order valence-corrected chi connectivity index (χ2v) is 13.1. The first-order chi connectivity index (χ1) is 9.49.